The minimum Gasteiger partial charge on any atom is -0.375 e. The first kappa shape index (κ1) is 19.4. The number of nitrogens with zero attached hydrogens (tertiary/aromatic N) is 4. The number of likely N-dealkylation sites (tertiary alicyclic amines) is 1. The van der Waals surface area contributed by atoms with Crippen molar-refractivity contribution < 1.29 is 14.3 Å². The van der Waals surface area contributed by atoms with Crippen LogP contribution in [0.1, 0.15) is 41.7 Å². The first-order valence-corrected chi connectivity index (χ1v) is 10.0. The second-order valence-corrected chi connectivity index (χ2v) is 7.70. The molecule has 4 rings (SSSR count). The van der Waals surface area contributed by atoms with Crippen LogP contribution in [0.15, 0.2) is 42.9 Å². The van der Waals surface area contributed by atoms with E-state index in [1.807, 2.05) is 23.1 Å². The molecule has 4 heterocycles. The van der Waals surface area contributed by atoms with Crippen molar-refractivity contribution >= 4 is 11.8 Å². The zero-order valence-corrected chi connectivity index (χ0v) is 16.3. The molecule has 0 radical (unpaired) electrons. The van der Waals surface area contributed by atoms with Crippen molar-refractivity contribution in [3.05, 3.63) is 54.1 Å². The molecule has 152 valence electrons. The highest BCUT2D eigenvalue weighted by molar-refractivity contribution is 5.93. The summed E-state index contributed by atoms with van der Waals surface area (Å²) in [5, 5.41) is 10.6. The lowest BCUT2D eigenvalue weighted by Crippen LogP contribution is -2.54. The molecular weight excluding hydrogens is 370 g/mol. The maximum atomic E-state index is 12.6. The second kappa shape index (κ2) is 8.65. The summed E-state index contributed by atoms with van der Waals surface area (Å²) in [6.07, 6.45) is 8.13. The highest BCUT2D eigenvalue weighted by Gasteiger charge is 2.41. The lowest BCUT2D eigenvalue weighted by atomic mass is 9.82. The van der Waals surface area contributed by atoms with Gasteiger partial charge in [0, 0.05) is 37.6 Å². The van der Waals surface area contributed by atoms with Gasteiger partial charge in [0.2, 0.25) is 5.91 Å². The van der Waals surface area contributed by atoms with Gasteiger partial charge in [-0.1, -0.05) is 6.07 Å². The van der Waals surface area contributed by atoms with Crippen LogP contribution in [-0.4, -0.2) is 63.2 Å². The topological polar surface area (TPSA) is 97.3 Å². The van der Waals surface area contributed by atoms with Gasteiger partial charge < -0.3 is 15.0 Å². The molecule has 2 saturated heterocycles. The van der Waals surface area contributed by atoms with E-state index in [9.17, 15) is 9.59 Å². The number of hydrogen-bond donors (Lipinski definition) is 1. The number of piperidine rings is 1. The van der Waals surface area contributed by atoms with E-state index in [4.69, 9.17) is 4.74 Å². The summed E-state index contributed by atoms with van der Waals surface area (Å²) in [4.78, 5) is 31.1. The number of hydrogen-bond acceptors (Lipinski definition) is 6. The van der Waals surface area contributed by atoms with Gasteiger partial charge in [-0.15, -0.1) is 0 Å². The third kappa shape index (κ3) is 4.76. The molecule has 1 atom stereocenters. The van der Waals surface area contributed by atoms with Crippen LogP contribution in [0, 0.1) is 0 Å². The Morgan fingerprint density at radius 3 is 2.76 bits per heavy atom. The van der Waals surface area contributed by atoms with Crippen LogP contribution in [0.5, 0.6) is 0 Å². The van der Waals surface area contributed by atoms with E-state index in [1.54, 1.807) is 12.3 Å². The Balaban J connectivity index is 1.30. The third-order valence-electron chi connectivity index (χ3n) is 5.76. The molecule has 0 saturated carbocycles. The second-order valence-electron chi connectivity index (χ2n) is 7.70. The van der Waals surface area contributed by atoms with Crippen molar-refractivity contribution in [1.29, 1.82) is 0 Å². The summed E-state index contributed by atoms with van der Waals surface area (Å²) in [6, 6.07) is 7.33. The standard InChI is InChI=1S/C21H25N5O3/c27-19(13-17-3-1-2-8-22-17)26-10-6-21(7-11-26)14-18(5-12-29-21)25-20(28)16-4-9-23-24-15-16/h1-4,8-9,15,18H,5-7,10-14H2,(H,25,28)/t18-/m1/s1. The largest absolute Gasteiger partial charge is 0.375 e. The van der Waals surface area contributed by atoms with Gasteiger partial charge >= 0.3 is 0 Å². The highest BCUT2D eigenvalue weighted by atomic mass is 16.5. The SMILES string of the molecule is O=C(N[C@@H]1CCOC2(CCN(C(=O)Cc3ccccn3)CC2)C1)c1ccnnc1. The van der Waals surface area contributed by atoms with Gasteiger partial charge in [0.1, 0.15) is 0 Å². The molecule has 0 bridgehead atoms. The van der Waals surface area contributed by atoms with Gasteiger partial charge in [0.05, 0.1) is 30.0 Å². The molecule has 2 aromatic rings. The summed E-state index contributed by atoms with van der Waals surface area (Å²) < 4.78 is 6.15. The van der Waals surface area contributed by atoms with Crippen LogP contribution in [0.4, 0.5) is 0 Å². The number of rotatable bonds is 4. The fourth-order valence-corrected chi connectivity index (χ4v) is 4.13. The Morgan fingerprint density at radius 1 is 1.17 bits per heavy atom. The molecule has 2 aromatic heterocycles. The van der Waals surface area contributed by atoms with Gasteiger partial charge in [0.15, 0.2) is 0 Å². The molecule has 29 heavy (non-hydrogen) atoms. The Morgan fingerprint density at radius 2 is 2.03 bits per heavy atom. The van der Waals surface area contributed by atoms with E-state index < -0.39 is 0 Å². The van der Waals surface area contributed by atoms with Crippen molar-refractivity contribution in [2.24, 2.45) is 0 Å². The molecule has 0 aromatic carbocycles. The molecule has 2 fully saturated rings. The molecule has 2 aliphatic heterocycles. The minimum absolute atomic E-state index is 0.0557. The van der Waals surface area contributed by atoms with E-state index in [2.05, 4.69) is 20.5 Å². The normalized spacial score (nSPS) is 21.0. The molecule has 1 N–H and O–H groups in total. The highest BCUT2D eigenvalue weighted by Crippen LogP contribution is 2.35. The number of carbonyl (C=O) groups excluding carboxylic acids is 2. The monoisotopic (exact) mass is 395 g/mol. The third-order valence-corrected chi connectivity index (χ3v) is 5.76. The van der Waals surface area contributed by atoms with Crippen molar-refractivity contribution in [1.82, 2.24) is 25.4 Å². The van der Waals surface area contributed by atoms with Crippen LogP contribution in [0.2, 0.25) is 0 Å². The van der Waals surface area contributed by atoms with Crippen LogP contribution in [-0.2, 0) is 16.0 Å². The van der Waals surface area contributed by atoms with Crippen LogP contribution >= 0.6 is 0 Å². The molecule has 2 amide bonds. The first-order chi connectivity index (χ1) is 14.1. The first-order valence-electron chi connectivity index (χ1n) is 10.0. The zero-order valence-electron chi connectivity index (χ0n) is 16.3. The average molecular weight is 395 g/mol. The van der Waals surface area contributed by atoms with Crippen LogP contribution in [0.3, 0.4) is 0 Å². The van der Waals surface area contributed by atoms with Gasteiger partial charge in [-0.2, -0.15) is 10.2 Å². The fourth-order valence-electron chi connectivity index (χ4n) is 4.13. The number of ether oxygens (including phenoxy) is 1. The summed E-state index contributed by atoms with van der Waals surface area (Å²) in [5.41, 5.74) is 1.03. The van der Waals surface area contributed by atoms with Crippen LogP contribution in [0.25, 0.3) is 0 Å². The Labute approximate surface area is 169 Å². The maximum Gasteiger partial charge on any atom is 0.253 e. The van der Waals surface area contributed by atoms with E-state index in [-0.39, 0.29) is 23.5 Å². The fraction of sp³-hybridized carbons (Fsp3) is 0.476. The number of carbonyl (C=O) groups is 2. The minimum atomic E-state index is -0.269. The average Bonchev–Trinajstić information content (AvgIpc) is 2.75. The van der Waals surface area contributed by atoms with E-state index in [0.717, 1.165) is 31.4 Å². The predicted octanol–water partition coefficient (Wildman–Crippen LogP) is 1.38. The number of aromatic nitrogens is 3. The number of pyridine rings is 1. The molecule has 0 aliphatic carbocycles. The van der Waals surface area contributed by atoms with E-state index in [0.29, 0.717) is 31.7 Å². The molecule has 8 heteroatoms. The van der Waals surface area contributed by atoms with Crippen molar-refractivity contribution in [2.75, 3.05) is 19.7 Å². The molecular formula is C21H25N5O3. The lowest BCUT2D eigenvalue weighted by Gasteiger charge is -2.46. The van der Waals surface area contributed by atoms with Crippen molar-refractivity contribution in [2.45, 2.75) is 43.7 Å². The van der Waals surface area contributed by atoms with Gasteiger partial charge in [-0.3, -0.25) is 14.6 Å². The summed E-state index contributed by atoms with van der Waals surface area (Å²) in [7, 11) is 0. The molecule has 0 unspecified atom stereocenters. The smallest absolute Gasteiger partial charge is 0.253 e. The molecule has 1 spiro atoms. The quantitative estimate of drug-likeness (QED) is 0.840. The zero-order chi connectivity index (χ0) is 20.1. The maximum absolute atomic E-state index is 12.6. The van der Waals surface area contributed by atoms with Crippen molar-refractivity contribution in [3.8, 4) is 0 Å². The number of amides is 2. The summed E-state index contributed by atoms with van der Waals surface area (Å²) in [5.74, 6) is -0.0330. The lowest BCUT2D eigenvalue weighted by molar-refractivity contribution is -0.143. The Hall–Kier alpha value is -2.87. The van der Waals surface area contributed by atoms with Crippen LogP contribution < -0.4 is 5.32 Å². The van der Waals surface area contributed by atoms with E-state index in [1.165, 1.54) is 12.4 Å². The molecule has 8 nitrogen and oxygen atoms in total. The Kier molecular flexibility index (Phi) is 5.80. The molecule has 2 aliphatic rings. The predicted molar refractivity (Wildman–Crippen MR) is 105 cm³/mol. The van der Waals surface area contributed by atoms with Crippen molar-refractivity contribution in [3.63, 3.8) is 0 Å². The van der Waals surface area contributed by atoms with E-state index >= 15 is 0 Å². The van der Waals surface area contributed by atoms with Gasteiger partial charge in [-0.25, -0.2) is 0 Å². The van der Waals surface area contributed by atoms with Gasteiger partial charge in [-0.05, 0) is 43.9 Å². The summed E-state index contributed by atoms with van der Waals surface area (Å²) >= 11 is 0. The summed E-state index contributed by atoms with van der Waals surface area (Å²) in [6.45, 7) is 1.95. The Bertz CT molecular complexity index is 838. The van der Waals surface area contributed by atoms with Gasteiger partial charge in [0.25, 0.3) is 5.91 Å². The number of nitrogens with one attached hydrogen (secondary N) is 1.